The first-order chi connectivity index (χ1) is 8.61. The summed E-state index contributed by atoms with van der Waals surface area (Å²) in [5, 5.41) is 28.5. The third-order valence-corrected chi connectivity index (χ3v) is 2.74. The van der Waals surface area contributed by atoms with Crippen molar-refractivity contribution in [1.82, 2.24) is 0 Å². The number of carbonyl (C=O) groups is 1. The third-order valence-electron chi connectivity index (χ3n) is 2.74. The molecule has 0 aromatic heterocycles. The number of aromatic hydroxyl groups is 2. The average Bonchev–Trinajstić information content (AvgIpc) is 2.36. The summed E-state index contributed by atoms with van der Waals surface area (Å²) in [6, 6.07) is 12.9. The second-order valence-electron chi connectivity index (χ2n) is 3.90. The van der Waals surface area contributed by atoms with E-state index in [0.717, 1.165) is 0 Å². The monoisotopic (exact) mass is 244 g/mol. The summed E-state index contributed by atoms with van der Waals surface area (Å²) in [5.41, 5.74) is 0.722. The highest BCUT2D eigenvalue weighted by Crippen LogP contribution is 2.36. The zero-order chi connectivity index (χ0) is 13.1. The van der Waals surface area contributed by atoms with Gasteiger partial charge in [0.25, 0.3) is 0 Å². The molecule has 2 aromatic carbocycles. The van der Waals surface area contributed by atoms with E-state index >= 15 is 0 Å². The molecule has 2 aromatic rings. The van der Waals surface area contributed by atoms with Crippen LogP contribution in [0.3, 0.4) is 0 Å². The van der Waals surface area contributed by atoms with Gasteiger partial charge in [0.15, 0.2) is 11.5 Å². The summed E-state index contributed by atoms with van der Waals surface area (Å²) in [6.07, 6.45) is 0. The smallest absolute Gasteiger partial charge is 0.315 e. The maximum absolute atomic E-state index is 11.4. The Morgan fingerprint density at radius 2 is 1.61 bits per heavy atom. The highest BCUT2D eigenvalue weighted by molar-refractivity contribution is 5.81. The minimum Gasteiger partial charge on any atom is -0.504 e. The molecule has 0 aliphatic heterocycles. The van der Waals surface area contributed by atoms with Gasteiger partial charge in [0.1, 0.15) is 5.92 Å². The number of carboxylic acid groups (broad SMARTS) is 1. The van der Waals surface area contributed by atoms with Crippen molar-refractivity contribution in [2.24, 2.45) is 0 Å². The van der Waals surface area contributed by atoms with Crippen LogP contribution in [0.15, 0.2) is 48.5 Å². The molecule has 0 fully saturated rings. The van der Waals surface area contributed by atoms with Gasteiger partial charge < -0.3 is 15.3 Å². The van der Waals surface area contributed by atoms with Gasteiger partial charge in [-0.2, -0.15) is 0 Å². The number of hydrogen-bond donors (Lipinski definition) is 3. The molecular formula is C14H12O4. The van der Waals surface area contributed by atoms with E-state index in [4.69, 9.17) is 0 Å². The van der Waals surface area contributed by atoms with Crippen LogP contribution in [0.4, 0.5) is 0 Å². The van der Waals surface area contributed by atoms with Gasteiger partial charge >= 0.3 is 5.97 Å². The standard InChI is InChI=1S/C14H12O4/c15-11-8-4-7-10(13(11)16)12(14(17)18)9-5-2-1-3-6-9/h1-8,12,15-16H,(H,17,18). The Morgan fingerprint density at radius 3 is 2.22 bits per heavy atom. The van der Waals surface area contributed by atoms with Crippen LogP contribution >= 0.6 is 0 Å². The molecular weight excluding hydrogens is 232 g/mol. The van der Waals surface area contributed by atoms with Gasteiger partial charge in [-0.1, -0.05) is 42.5 Å². The minimum absolute atomic E-state index is 0.175. The van der Waals surface area contributed by atoms with Gasteiger partial charge in [-0.3, -0.25) is 4.79 Å². The Morgan fingerprint density at radius 1 is 0.944 bits per heavy atom. The number of rotatable bonds is 3. The van der Waals surface area contributed by atoms with Crippen molar-refractivity contribution in [3.63, 3.8) is 0 Å². The molecule has 0 aliphatic rings. The summed E-state index contributed by atoms with van der Waals surface area (Å²) in [4.78, 5) is 11.4. The predicted octanol–water partition coefficient (Wildman–Crippen LogP) is 2.31. The molecule has 0 saturated heterocycles. The zero-order valence-electron chi connectivity index (χ0n) is 9.45. The molecule has 0 bridgehead atoms. The van der Waals surface area contributed by atoms with Crippen LogP contribution in [0.2, 0.25) is 0 Å². The van der Waals surface area contributed by atoms with Crippen molar-refractivity contribution in [3.8, 4) is 11.5 Å². The van der Waals surface area contributed by atoms with E-state index in [2.05, 4.69) is 0 Å². The largest absolute Gasteiger partial charge is 0.504 e. The van der Waals surface area contributed by atoms with E-state index in [1.165, 1.54) is 18.2 Å². The van der Waals surface area contributed by atoms with Gasteiger partial charge in [-0.25, -0.2) is 0 Å². The van der Waals surface area contributed by atoms with Crippen molar-refractivity contribution in [2.45, 2.75) is 5.92 Å². The molecule has 92 valence electrons. The summed E-state index contributed by atoms with van der Waals surface area (Å²) in [7, 11) is 0. The van der Waals surface area contributed by atoms with Crippen molar-refractivity contribution in [3.05, 3.63) is 59.7 Å². The fraction of sp³-hybridized carbons (Fsp3) is 0.0714. The average molecular weight is 244 g/mol. The maximum atomic E-state index is 11.4. The Kier molecular flexibility index (Phi) is 3.19. The molecule has 4 heteroatoms. The lowest BCUT2D eigenvalue weighted by Crippen LogP contribution is -2.13. The van der Waals surface area contributed by atoms with Crippen molar-refractivity contribution in [2.75, 3.05) is 0 Å². The molecule has 0 aliphatic carbocycles. The first-order valence-corrected chi connectivity index (χ1v) is 5.40. The van der Waals surface area contributed by atoms with Crippen LogP contribution in [0, 0.1) is 0 Å². The molecule has 0 heterocycles. The molecule has 1 unspecified atom stereocenters. The molecule has 0 saturated carbocycles. The molecule has 4 nitrogen and oxygen atoms in total. The van der Waals surface area contributed by atoms with Crippen LogP contribution in [-0.2, 0) is 4.79 Å². The van der Waals surface area contributed by atoms with Gasteiger partial charge in [0.05, 0.1) is 0 Å². The van der Waals surface area contributed by atoms with Gasteiger partial charge in [-0.05, 0) is 11.6 Å². The number of aliphatic carboxylic acids is 1. The first kappa shape index (κ1) is 12.0. The molecule has 18 heavy (non-hydrogen) atoms. The molecule has 0 spiro atoms. The van der Waals surface area contributed by atoms with E-state index in [0.29, 0.717) is 5.56 Å². The lowest BCUT2D eigenvalue weighted by molar-refractivity contribution is -0.137. The summed E-state index contributed by atoms with van der Waals surface area (Å²) >= 11 is 0. The number of benzene rings is 2. The SMILES string of the molecule is O=C(O)C(c1ccccc1)c1cccc(O)c1O. The highest BCUT2D eigenvalue weighted by Gasteiger charge is 2.25. The molecule has 0 amide bonds. The molecule has 1 atom stereocenters. The first-order valence-electron chi connectivity index (χ1n) is 5.40. The van der Waals surface area contributed by atoms with Crippen LogP contribution in [0.5, 0.6) is 11.5 Å². The second-order valence-corrected chi connectivity index (χ2v) is 3.90. The lowest BCUT2D eigenvalue weighted by atomic mass is 9.90. The van der Waals surface area contributed by atoms with Gasteiger partial charge in [0, 0.05) is 5.56 Å². The number of phenolic OH excluding ortho intramolecular Hbond substituents is 2. The quantitative estimate of drug-likeness (QED) is 0.724. The molecule has 3 N–H and O–H groups in total. The number of phenols is 2. The Hall–Kier alpha value is -2.49. The van der Waals surface area contributed by atoms with E-state index in [1.54, 1.807) is 30.3 Å². The minimum atomic E-state index is -1.08. The normalized spacial score (nSPS) is 12.0. The van der Waals surface area contributed by atoms with Crippen molar-refractivity contribution < 1.29 is 20.1 Å². The third kappa shape index (κ3) is 2.13. The Labute approximate surface area is 104 Å². The maximum Gasteiger partial charge on any atom is 0.315 e. The van der Waals surface area contributed by atoms with E-state index in [-0.39, 0.29) is 11.3 Å². The fourth-order valence-corrected chi connectivity index (χ4v) is 1.88. The van der Waals surface area contributed by atoms with Crippen molar-refractivity contribution >= 4 is 5.97 Å². The zero-order valence-corrected chi connectivity index (χ0v) is 9.45. The number of carboxylic acids is 1. The Balaban J connectivity index is 2.56. The van der Waals surface area contributed by atoms with Gasteiger partial charge in [-0.15, -0.1) is 0 Å². The summed E-state index contributed by atoms with van der Waals surface area (Å²) in [5.74, 6) is -2.80. The van der Waals surface area contributed by atoms with Crippen molar-refractivity contribution in [1.29, 1.82) is 0 Å². The molecule has 2 rings (SSSR count). The predicted molar refractivity (Wildman–Crippen MR) is 65.7 cm³/mol. The van der Waals surface area contributed by atoms with Crippen LogP contribution < -0.4 is 0 Å². The molecule has 0 radical (unpaired) electrons. The summed E-state index contributed by atoms with van der Waals surface area (Å²) in [6.45, 7) is 0. The van der Waals surface area contributed by atoms with E-state index in [9.17, 15) is 20.1 Å². The summed E-state index contributed by atoms with van der Waals surface area (Å²) < 4.78 is 0. The highest BCUT2D eigenvalue weighted by atomic mass is 16.4. The lowest BCUT2D eigenvalue weighted by Gasteiger charge is -2.15. The van der Waals surface area contributed by atoms with E-state index in [1.807, 2.05) is 0 Å². The Bertz CT molecular complexity index is 563. The van der Waals surface area contributed by atoms with E-state index < -0.39 is 17.6 Å². The fourth-order valence-electron chi connectivity index (χ4n) is 1.88. The van der Waals surface area contributed by atoms with Crippen LogP contribution in [0.1, 0.15) is 17.0 Å². The van der Waals surface area contributed by atoms with Gasteiger partial charge in [0.2, 0.25) is 0 Å². The second kappa shape index (κ2) is 4.79. The number of para-hydroxylation sites is 1. The number of hydrogen-bond acceptors (Lipinski definition) is 3. The van der Waals surface area contributed by atoms with Crippen LogP contribution in [-0.4, -0.2) is 21.3 Å². The van der Waals surface area contributed by atoms with Crippen LogP contribution in [0.25, 0.3) is 0 Å². The topological polar surface area (TPSA) is 77.8 Å².